The molecule has 0 amide bonds. The van der Waals surface area contributed by atoms with Crippen molar-refractivity contribution in [2.75, 3.05) is 13.7 Å². The van der Waals surface area contributed by atoms with E-state index >= 15 is 0 Å². The van der Waals surface area contributed by atoms with Gasteiger partial charge in [-0.2, -0.15) is 0 Å². The Labute approximate surface area is 83.0 Å². The van der Waals surface area contributed by atoms with Crippen LogP contribution < -0.4 is 5.48 Å². The van der Waals surface area contributed by atoms with Crippen LogP contribution in [0.2, 0.25) is 0 Å². The lowest BCUT2D eigenvalue weighted by molar-refractivity contribution is 0.0896. The molecule has 0 radical (unpaired) electrons. The smallest absolute Gasteiger partial charge is 0.0572 e. The van der Waals surface area contributed by atoms with E-state index in [0.717, 1.165) is 6.54 Å². The van der Waals surface area contributed by atoms with E-state index in [2.05, 4.69) is 26.3 Å². The second-order valence-corrected chi connectivity index (χ2v) is 4.47. The zero-order valence-corrected chi connectivity index (χ0v) is 9.65. The Balaban J connectivity index is 3.29. The maximum atomic E-state index is 4.77. The Bertz CT molecular complexity index is 113. The fourth-order valence-electron chi connectivity index (χ4n) is 1.70. The van der Waals surface area contributed by atoms with E-state index < -0.39 is 0 Å². The first kappa shape index (κ1) is 12.9. The third-order valence-electron chi connectivity index (χ3n) is 2.45. The molecule has 0 fully saturated rings. The molecular weight excluding hydrogens is 162 g/mol. The average Bonchev–Trinajstić information content (AvgIpc) is 2.04. The number of hydrogen-bond donors (Lipinski definition) is 1. The van der Waals surface area contributed by atoms with Crippen LogP contribution in [0.15, 0.2) is 0 Å². The van der Waals surface area contributed by atoms with Gasteiger partial charge in [0.05, 0.1) is 7.11 Å². The van der Waals surface area contributed by atoms with Crippen LogP contribution >= 0.6 is 0 Å². The molecule has 0 aromatic rings. The highest BCUT2D eigenvalue weighted by Gasteiger charge is 2.15. The van der Waals surface area contributed by atoms with Crippen molar-refractivity contribution in [3.05, 3.63) is 0 Å². The third-order valence-corrected chi connectivity index (χ3v) is 2.45. The molecule has 0 unspecified atom stereocenters. The molecule has 0 saturated carbocycles. The summed E-state index contributed by atoms with van der Waals surface area (Å²) < 4.78 is 0. The Morgan fingerprint density at radius 3 is 2.38 bits per heavy atom. The van der Waals surface area contributed by atoms with E-state index in [1.165, 1.54) is 32.1 Å². The van der Waals surface area contributed by atoms with Crippen LogP contribution in [0.5, 0.6) is 0 Å². The third kappa shape index (κ3) is 8.26. The molecule has 0 spiro atoms. The van der Waals surface area contributed by atoms with Crippen molar-refractivity contribution in [2.45, 2.75) is 52.9 Å². The molecule has 0 heterocycles. The van der Waals surface area contributed by atoms with Gasteiger partial charge in [0.25, 0.3) is 0 Å². The van der Waals surface area contributed by atoms with Gasteiger partial charge in [0.1, 0.15) is 0 Å². The fourth-order valence-corrected chi connectivity index (χ4v) is 1.70. The first-order chi connectivity index (χ1) is 6.12. The van der Waals surface area contributed by atoms with Gasteiger partial charge < -0.3 is 4.84 Å². The minimum atomic E-state index is 0.530. The Morgan fingerprint density at radius 2 is 1.85 bits per heavy atom. The molecule has 0 saturated heterocycles. The standard InChI is InChI=1S/C11H25NO/c1-5-8-11(2,3)9-6-7-10-12-13-4/h12H,5-10H2,1-4H3. The lowest BCUT2D eigenvalue weighted by Gasteiger charge is -2.23. The summed E-state index contributed by atoms with van der Waals surface area (Å²) in [5.41, 5.74) is 3.40. The lowest BCUT2D eigenvalue weighted by Crippen LogP contribution is -2.15. The summed E-state index contributed by atoms with van der Waals surface area (Å²) in [6, 6.07) is 0. The van der Waals surface area contributed by atoms with Crippen molar-refractivity contribution in [1.82, 2.24) is 5.48 Å². The Morgan fingerprint density at radius 1 is 1.15 bits per heavy atom. The second-order valence-electron chi connectivity index (χ2n) is 4.47. The summed E-state index contributed by atoms with van der Waals surface area (Å²) >= 11 is 0. The highest BCUT2D eigenvalue weighted by atomic mass is 16.6. The first-order valence-corrected chi connectivity index (χ1v) is 5.38. The predicted molar refractivity (Wildman–Crippen MR) is 57.6 cm³/mol. The summed E-state index contributed by atoms with van der Waals surface area (Å²) in [7, 11) is 1.67. The van der Waals surface area contributed by atoms with Crippen LogP contribution in [0.1, 0.15) is 52.9 Å². The van der Waals surface area contributed by atoms with E-state index in [1.807, 2.05) is 0 Å². The van der Waals surface area contributed by atoms with E-state index in [9.17, 15) is 0 Å². The predicted octanol–water partition coefficient (Wildman–Crippen LogP) is 3.13. The number of rotatable bonds is 8. The summed E-state index contributed by atoms with van der Waals surface area (Å²) in [6.07, 6.45) is 6.46. The van der Waals surface area contributed by atoms with Crippen LogP contribution in [-0.4, -0.2) is 13.7 Å². The molecule has 13 heavy (non-hydrogen) atoms. The summed E-state index contributed by atoms with van der Waals surface area (Å²) in [5.74, 6) is 0. The summed E-state index contributed by atoms with van der Waals surface area (Å²) in [5, 5.41) is 0. The fraction of sp³-hybridized carbons (Fsp3) is 1.00. The monoisotopic (exact) mass is 187 g/mol. The van der Waals surface area contributed by atoms with Crippen LogP contribution in [0.3, 0.4) is 0 Å². The topological polar surface area (TPSA) is 21.3 Å². The minimum absolute atomic E-state index is 0.530. The van der Waals surface area contributed by atoms with Crippen molar-refractivity contribution < 1.29 is 4.84 Å². The summed E-state index contributed by atoms with van der Waals surface area (Å²) in [6.45, 7) is 7.95. The molecule has 1 N–H and O–H groups in total. The van der Waals surface area contributed by atoms with Gasteiger partial charge in [0.2, 0.25) is 0 Å². The molecule has 2 heteroatoms. The lowest BCUT2D eigenvalue weighted by atomic mass is 9.83. The van der Waals surface area contributed by atoms with Gasteiger partial charge in [-0.15, -0.1) is 0 Å². The number of hydrogen-bond acceptors (Lipinski definition) is 2. The van der Waals surface area contributed by atoms with Crippen LogP contribution in [0, 0.1) is 5.41 Å². The van der Waals surface area contributed by atoms with E-state index in [4.69, 9.17) is 4.84 Å². The van der Waals surface area contributed by atoms with E-state index in [1.54, 1.807) is 7.11 Å². The van der Waals surface area contributed by atoms with E-state index in [-0.39, 0.29) is 0 Å². The highest BCUT2D eigenvalue weighted by Crippen LogP contribution is 2.28. The van der Waals surface area contributed by atoms with E-state index in [0.29, 0.717) is 5.41 Å². The molecule has 80 valence electrons. The normalized spacial score (nSPS) is 12.0. The van der Waals surface area contributed by atoms with Crippen molar-refractivity contribution in [1.29, 1.82) is 0 Å². The van der Waals surface area contributed by atoms with Crippen LogP contribution in [-0.2, 0) is 4.84 Å². The molecule has 0 aliphatic carbocycles. The van der Waals surface area contributed by atoms with Crippen molar-refractivity contribution in [3.8, 4) is 0 Å². The van der Waals surface area contributed by atoms with Gasteiger partial charge in [0, 0.05) is 6.54 Å². The second kappa shape index (κ2) is 7.34. The molecular formula is C11H25NO. The number of hydroxylamine groups is 1. The first-order valence-electron chi connectivity index (χ1n) is 5.38. The van der Waals surface area contributed by atoms with Crippen LogP contribution in [0.4, 0.5) is 0 Å². The number of nitrogens with one attached hydrogen (secondary N) is 1. The minimum Gasteiger partial charge on any atom is -0.305 e. The Hall–Kier alpha value is -0.0800. The van der Waals surface area contributed by atoms with Crippen molar-refractivity contribution in [2.24, 2.45) is 5.41 Å². The molecule has 0 aromatic heterocycles. The molecule has 0 bridgehead atoms. The van der Waals surface area contributed by atoms with Crippen LogP contribution in [0.25, 0.3) is 0 Å². The molecule has 0 atom stereocenters. The highest BCUT2D eigenvalue weighted by molar-refractivity contribution is 4.67. The molecule has 0 rings (SSSR count). The maximum absolute atomic E-state index is 4.77. The van der Waals surface area contributed by atoms with Gasteiger partial charge in [-0.3, -0.25) is 0 Å². The van der Waals surface area contributed by atoms with Gasteiger partial charge >= 0.3 is 0 Å². The maximum Gasteiger partial charge on any atom is 0.0572 e. The zero-order chi connectivity index (χ0) is 10.2. The zero-order valence-electron chi connectivity index (χ0n) is 9.65. The Kier molecular flexibility index (Phi) is 7.29. The molecule has 0 aliphatic heterocycles. The summed E-state index contributed by atoms with van der Waals surface area (Å²) in [4.78, 5) is 4.77. The van der Waals surface area contributed by atoms with Gasteiger partial charge in [-0.05, 0) is 24.7 Å². The quantitative estimate of drug-likeness (QED) is 0.465. The van der Waals surface area contributed by atoms with Crippen molar-refractivity contribution in [3.63, 3.8) is 0 Å². The number of unbranched alkanes of at least 4 members (excludes halogenated alkanes) is 1. The largest absolute Gasteiger partial charge is 0.305 e. The SMILES string of the molecule is CCCC(C)(C)CCCCNOC. The average molecular weight is 187 g/mol. The van der Waals surface area contributed by atoms with Gasteiger partial charge in [-0.1, -0.05) is 33.6 Å². The molecule has 2 nitrogen and oxygen atoms in total. The molecule has 0 aliphatic rings. The van der Waals surface area contributed by atoms with Gasteiger partial charge in [-0.25, -0.2) is 5.48 Å². The molecule has 0 aromatic carbocycles. The van der Waals surface area contributed by atoms with Crippen molar-refractivity contribution >= 4 is 0 Å². The van der Waals surface area contributed by atoms with Gasteiger partial charge in [0.15, 0.2) is 0 Å².